The van der Waals surface area contributed by atoms with Crippen LogP contribution < -0.4 is 9.47 Å². The largest absolute Gasteiger partial charge is 0.493 e. The molecule has 0 amide bonds. The fraction of sp³-hybridized carbons (Fsp3) is 0.0667. The number of carbonyl (C=O) groups excluding carboxylic acids is 2. The van der Waals surface area contributed by atoms with E-state index in [4.69, 9.17) is 9.47 Å². The SMILES string of the molecule is COc1cc(C=O)ccc1OC(=O)c1cccc(F)c1. The van der Waals surface area contributed by atoms with Gasteiger partial charge in [-0.3, -0.25) is 4.79 Å². The van der Waals surface area contributed by atoms with Gasteiger partial charge in [-0.2, -0.15) is 0 Å². The molecule has 0 aliphatic heterocycles. The van der Waals surface area contributed by atoms with Crippen molar-refractivity contribution in [3.05, 3.63) is 59.4 Å². The number of methoxy groups -OCH3 is 1. The first-order chi connectivity index (χ1) is 9.63. The average molecular weight is 274 g/mol. The van der Waals surface area contributed by atoms with Gasteiger partial charge in [-0.05, 0) is 36.4 Å². The van der Waals surface area contributed by atoms with Crippen molar-refractivity contribution in [3.63, 3.8) is 0 Å². The Morgan fingerprint density at radius 2 is 1.95 bits per heavy atom. The van der Waals surface area contributed by atoms with Crippen LogP contribution in [0.25, 0.3) is 0 Å². The lowest BCUT2D eigenvalue weighted by atomic mass is 10.2. The third-order valence-electron chi connectivity index (χ3n) is 2.59. The quantitative estimate of drug-likeness (QED) is 0.488. The van der Waals surface area contributed by atoms with E-state index < -0.39 is 11.8 Å². The molecule has 0 spiro atoms. The molecule has 0 N–H and O–H groups in total. The zero-order chi connectivity index (χ0) is 14.5. The molecule has 0 heterocycles. The highest BCUT2D eigenvalue weighted by atomic mass is 19.1. The number of hydrogen-bond acceptors (Lipinski definition) is 4. The number of halogens is 1. The molecular formula is C15H11FO4. The third-order valence-corrected chi connectivity index (χ3v) is 2.59. The number of rotatable bonds is 4. The second kappa shape index (κ2) is 5.97. The van der Waals surface area contributed by atoms with Crippen molar-refractivity contribution in [1.82, 2.24) is 0 Å². The van der Waals surface area contributed by atoms with Crippen LogP contribution in [-0.2, 0) is 0 Å². The Labute approximate surface area is 114 Å². The topological polar surface area (TPSA) is 52.6 Å². The van der Waals surface area contributed by atoms with Gasteiger partial charge in [0.15, 0.2) is 11.5 Å². The lowest BCUT2D eigenvalue weighted by molar-refractivity contribution is 0.0729. The van der Waals surface area contributed by atoms with Crippen LogP contribution in [0.15, 0.2) is 42.5 Å². The molecule has 2 aromatic carbocycles. The Kier molecular flexibility index (Phi) is 4.10. The van der Waals surface area contributed by atoms with Crippen molar-refractivity contribution in [2.45, 2.75) is 0 Å². The minimum Gasteiger partial charge on any atom is -0.493 e. The van der Waals surface area contributed by atoms with Gasteiger partial charge in [0.25, 0.3) is 0 Å². The lowest BCUT2D eigenvalue weighted by Gasteiger charge is -2.09. The predicted molar refractivity (Wildman–Crippen MR) is 69.7 cm³/mol. The molecule has 2 rings (SSSR count). The zero-order valence-electron chi connectivity index (χ0n) is 10.6. The van der Waals surface area contributed by atoms with E-state index in [2.05, 4.69) is 0 Å². The van der Waals surface area contributed by atoms with E-state index in [1.54, 1.807) is 0 Å². The zero-order valence-corrected chi connectivity index (χ0v) is 10.6. The molecule has 5 heteroatoms. The maximum atomic E-state index is 13.0. The van der Waals surface area contributed by atoms with Crippen molar-refractivity contribution in [3.8, 4) is 11.5 Å². The summed E-state index contributed by atoms with van der Waals surface area (Å²) in [4.78, 5) is 22.5. The van der Waals surface area contributed by atoms with E-state index in [-0.39, 0.29) is 17.1 Å². The maximum Gasteiger partial charge on any atom is 0.343 e. The number of aldehydes is 1. The second-order valence-electron chi connectivity index (χ2n) is 3.93. The van der Waals surface area contributed by atoms with E-state index in [1.807, 2.05) is 0 Å². The molecule has 0 aromatic heterocycles. The average Bonchev–Trinajstić information content (AvgIpc) is 2.47. The van der Waals surface area contributed by atoms with Crippen LogP contribution >= 0.6 is 0 Å². The minimum atomic E-state index is -0.707. The molecular weight excluding hydrogens is 263 g/mol. The van der Waals surface area contributed by atoms with E-state index in [1.165, 1.54) is 43.5 Å². The molecule has 4 nitrogen and oxygen atoms in total. The van der Waals surface area contributed by atoms with Crippen LogP contribution in [0.2, 0.25) is 0 Å². The number of ether oxygens (including phenoxy) is 2. The van der Waals surface area contributed by atoms with E-state index >= 15 is 0 Å². The van der Waals surface area contributed by atoms with Crippen molar-refractivity contribution in [1.29, 1.82) is 0 Å². The van der Waals surface area contributed by atoms with Crippen LogP contribution in [-0.4, -0.2) is 19.4 Å². The van der Waals surface area contributed by atoms with Gasteiger partial charge >= 0.3 is 5.97 Å². The van der Waals surface area contributed by atoms with Crippen LogP contribution in [0.3, 0.4) is 0 Å². The summed E-state index contributed by atoms with van der Waals surface area (Å²) in [7, 11) is 1.39. The Morgan fingerprint density at radius 3 is 2.60 bits per heavy atom. The molecule has 0 fully saturated rings. The van der Waals surface area contributed by atoms with Crippen LogP contribution in [0.4, 0.5) is 4.39 Å². The molecule has 0 atom stereocenters. The molecule has 2 aromatic rings. The fourth-order valence-electron chi connectivity index (χ4n) is 1.62. The first kappa shape index (κ1) is 13.7. The normalized spacial score (nSPS) is 9.90. The van der Waals surface area contributed by atoms with Crippen LogP contribution in [0.5, 0.6) is 11.5 Å². The lowest BCUT2D eigenvalue weighted by Crippen LogP contribution is -2.09. The monoisotopic (exact) mass is 274 g/mol. The van der Waals surface area contributed by atoms with Gasteiger partial charge in [0, 0.05) is 5.56 Å². The molecule has 102 valence electrons. The van der Waals surface area contributed by atoms with Crippen molar-refractivity contribution in [2.24, 2.45) is 0 Å². The molecule has 0 radical (unpaired) electrons. The Hall–Kier alpha value is -2.69. The predicted octanol–water partition coefficient (Wildman–Crippen LogP) is 2.87. The molecule has 0 saturated carbocycles. The molecule has 20 heavy (non-hydrogen) atoms. The first-order valence-corrected chi connectivity index (χ1v) is 5.75. The fourth-order valence-corrected chi connectivity index (χ4v) is 1.62. The van der Waals surface area contributed by atoms with Crippen molar-refractivity contribution >= 4 is 12.3 Å². The highest BCUT2D eigenvalue weighted by Crippen LogP contribution is 2.28. The number of benzene rings is 2. The highest BCUT2D eigenvalue weighted by molar-refractivity contribution is 5.91. The maximum absolute atomic E-state index is 13.0. The Morgan fingerprint density at radius 1 is 1.15 bits per heavy atom. The van der Waals surface area contributed by atoms with Gasteiger partial charge in [0.1, 0.15) is 12.1 Å². The molecule has 0 saturated heterocycles. The summed E-state index contributed by atoms with van der Waals surface area (Å²) >= 11 is 0. The van der Waals surface area contributed by atoms with Crippen molar-refractivity contribution < 1.29 is 23.5 Å². The van der Waals surface area contributed by atoms with Gasteiger partial charge in [0.05, 0.1) is 12.7 Å². The summed E-state index contributed by atoms with van der Waals surface area (Å²) in [6.07, 6.45) is 0.653. The highest BCUT2D eigenvalue weighted by Gasteiger charge is 2.13. The van der Waals surface area contributed by atoms with E-state index in [0.717, 1.165) is 6.07 Å². The molecule has 0 bridgehead atoms. The summed E-state index contributed by atoms with van der Waals surface area (Å²) in [6, 6.07) is 9.55. The van der Waals surface area contributed by atoms with E-state index in [0.29, 0.717) is 11.8 Å². The summed E-state index contributed by atoms with van der Waals surface area (Å²) < 4.78 is 23.2. The Bertz CT molecular complexity index is 652. The first-order valence-electron chi connectivity index (χ1n) is 5.75. The van der Waals surface area contributed by atoms with Gasteiger partial charge in [0.2, 0.25) is 0 Å². The summed E-state index contributed by atoms with van der Waals surface area (Å²) in [6.45, 7) is 0. The minimum absolute atomic E-state index is 0.0894. The number of carbonyl (C=O) groups is 2. The molecule has 0 unspecified atom stereocenters. The summed E-state index contributed by atoms with van der Waals surface area (Å²) in [5.41, 5.74) is 0.485. The van der Waals surface area contributed by atoms with Gasteiger partial charge in [-0.1, -0.05) is 6.07 Å². The third kappa shape index (κ3) is 3.00. The molecule has 0 aliphatic carbocycles. The van der Waals surface area contributed by atoms with Crippen molar-refractivity contribution in [2.75, 3.05) is 7.11 Å². The Balaban J connectivity index is 2.25. The van der Waals surface area contributed by atoms with Gasteiger partial charge < -0.3 is 9.47 Å². The second-order valence-corrected chi connectivity index (χ2v) is 3.93. The van der Waals surface area contributed by atoms with Crippen LogP contribution in [0, 0.1) is 5.82 Å². The van der Waals surface area contributed by atoms with Gasteiger partial charge in [-0.15, -0.1) is 0 Å². The van der Waals surface area contributed by atoms with E-state index in [9.17, 15) is 14.0 Å². The summed E-state index contributed by atoms with van der Waals surface area (Å²) in [5.74, 6) is -0.823. The number of esters is 1. The van der Waals surface area contributed by atoms with Gasteiger partial charge in [-0.25, -0.2) is 9.18 Å². The number of hydrogen-bond donors (Lipinski definition) is 0. The van der Waals surface area contributed by atoms with Crippen LogP contribution in [0.1, 0.15) is 20.7 Å². The standard InChI is InChI=1S/C15H11FO4/c1-19-14-7-10(9-17)5-6-13(14)20-15(18)11-3-2-4-12(16)8-11/h2-9H,1H3. The molecule has 0 aliphatic rings. The smallest absolute Gasteiger partial charge is 0.343 e. The summed E-state index contributed by atoms with van der Waals surface area (Å²) in [5, 5.41) is 0.